The number of hydrogen-bond acceptors (Lipinski definition) is 9. The van der Waals surface area contributed by atoms with Crippen molar-refractivity contribution in [3.05, 3.63) is 48.6 Å². The highest BCUT2D eigenvalue weighted by Crippen LogP contribution is 2.38. The van der Waals surface area contributed by atoms with Crippen molar-refractivity contribution in [2.75, 3.05) is 54.1 Å². The van der Waals surface area contributed by atoms with Crippen molar-refractivity contribution >= 4 is 19.8 Å². The minimum atomic E-state index is -4.64. The van der Waals surface area contributed by atoms with Crippen LogP contribution in [0.15, 0.2) is 48.6 Å². The van der Waals surface area contributed by atoms with Crippen molar-refractivity contribution in [3.63, 3.8) is 0 Å². The van der Waals surface area contributed by atoms with E-state index in [0.717, 1.165) is 70.6 Å². The normalized spacial score (nSPS) is 14.1. The van der Waals surface area contributed by atoms with Crippen LogP contribution in [0.25, 0.3) is 0 Å². The molecule has 2 atom stereocenters. The van der Waals surface area contributed by atoms with E-state index in [-0.39, 0.29) is 32.7 Å². The standard InChI is InChI=1S/C43H78NO9P/c1-5-6-7-8-9-10-11-19-23-26-29-32-35-43(47)53-41(40-52-54(48,49)51-38-36-44(2,3)4)39-50-42(46)34-31-28-25-22-20-17-15-13-12-14-16-18-21-24-27-30-33-37-45/h12,14-15,17-18,21-22,25,41,45H,5-11,13,16,19-20,23-24,26-40H2,1-4H3/b14-12-,17-15-,21-18-,25-22-/t41-/m1/s1. The number of phosphoric ester groups is 1. The summed E-state index contributed by atoms with van der Waals surface area (Å²) in [6.45, 7) is 2.15. The van der Waals surface area contributed by atoms with E-state index in [1.54, 1.807) is 0 Å². The molecule has 0 saturated heterocycles. The molecular weight excluding hydrogens is 705 g/mol. The third-order valence-corrected chi connectivity index (χ3v) is 9.62. The highest BCUT2D eigenvalue weighted by atomic mass is 31.2. The topological polar surface area (TPSA) is 131 Å². The molecule has 0 fully saturated rings. The number of ether oxygens (including phenoxy) is 2. The summed E-state index contributed by atoms with van der Waals surface area (Å²) in [4.78, 5) is 37.4. The lowest BCUT2D eigenvalue weighted by atomic mass is 10.0. The van der Waals surface area contributed by atoms with E-state index in [1.165, 1.54) is 51.4 Å². The maximum atomic E-state index is 12.6. The molecule has 0 aliphatic rings. The second-order valence-corrected chi connectivity index (χ2v) is 16.5. The van der Waals surface area contributed by atoms with Gasteiger partial charge in [-0.15, -0.1) is 0 Å². The van der Waals surface area contributed by atoms with E-state index in [0.29, 0.717) is 23.9 Å². The van der Waals surface area contributed by atoms with Crippen LogP contribution in [-0.2, 0) is 32.7 Å². The van der Waals surface area contributed by atoms with Gasteiger partial charge in [0.2, 0.25) is 0 Å². The Morgan fingerprint density at radius 1 is 0.630 bits per heavy atom. The monoisotopic (exact) mass is 784 g/mol. The average Bonchev–Trinajstić information content (AvgIpc) is 3.12. The zero-order valence-corrected chi connectivity index (χ0v) is 35.5. The van der Waals surface area contributed by atoms with Crippen LogP contribution >= 0.6 is 7.82 Å². The maximum absolute atomic E-state index is 12.6. The lowest BCUT2D eigenvalue weighted by Gasteiger charge is -2.28. The molecule has 0 heterocycles. The molecule has 10 nitrogen and oxygen atoms in total. The van der Waals surface area contributed by atoms with Crippen molar-refractivity contribution in [2.45, 2.75) is 161 Å². The van der Waals surface area contributed by atoms with Gasteiger partial charge in [-0.1, -0.05) is 133 Å². The Hall–Kier alpha value is -2.07. The van der Waals surface area contributed by atoms with Gasteiger partial charge in [0.1, 0.15) is 19.8 Å². The Bertz CT molecular complexity index is 1070. The molecule has 0 aromatic carbocycles. The zero-order valence-electron chi connectivity index (χ0n) is 34.6. The van der Waals surface area contributed by atoms with Crippen LogP contribution in [0.4, 0.5) is 0 Å². The Kier molecular flexibility index (Phi) is 35.2. The van der Waals surface area contributed by atoms with E-state index in [4.69, 9.17) is 23.6 Å². The number of hydrogen-bond donors (Lipinski definition) is 1. The van der Waals surface area contributed by atoms with Crippen molar-refractivity contribution in [3.8, 4) is 0 Å². The van der Waals surface area contributed by atoms with Crippen molar-refractivity contribution in [2.24, 2.45) is 0 Å². The van der Waals surface area contributed by atoms with E-state index >= 15 is 0 Å². The summed E-state index contributed by atoms with van der Waals surface area (Å²) in [6, 6.07) is 0. The number of carbonyl (C=O) groups is 2. The molecule has 0 amide bonds. The summed E-state index contributed by atoms with van der Waals surface area (Å²) >= 11 is 0. The molecule has 0 rings (SSSR count). The number of aliphatic hydroxyl groups is 1. The van der Waals surface area contributed by atoms with Gasteiger partial charge in [0.15, 0.2) is 6.10 Å². The number of nitrogens with zero attached hydrogens (tertiary/aromatic N) is 1. The van der Waals surface area contributed by atoms with Gasteiger partial charge in [-0.3, -0.25) is 14.2 Å². The summed E-state index contributed by atoms with van der Waals surface area (Å²) in [5, 5.41) is 8.79. The van der Waals surface area contributed by atoms with Gasteiger partial charge in [0, 0.05) is 19.4 Å². The van der Waals surface area contributed by atoms with Gasteiger partial charge in [-0.2, -0.15) is 0 Å². The van der Waals surface area contributed by atoms with E-state index in [2.05, 4.69) is 49.5 Å². The molecule has 1 N–H and O–H groups in total. The first kappa shape index (κ1) is 51.9. The first-order chi connectivity index (χ1) is 26.0. The maximum Gasteiger partial charge on any atom is 0.306 e. The van der Waals surface area contributed by atoms with Crippen LogP contribution in [-0.4, -0.2) is 81.7 Å². The lowest BCUT2D eigenvalue weighted by Crippen LogP contribution is -2.37. The lowest BCUT2D eigenvalue weighted by molar-refractivity contribution is -0.870. The third-order valence-electron chi connectivity index (χ3n) is 8.66. The molecular formula is C43H78NO9P. The molecule has 0 aliphatic carbocycles. The first-order valence-electron chi connectivity index (χ1n) is 21.0. The molecule has 11 heteroatoms. The molecule has 0 saturated carbocycles. The van der Waals surface area contributed by atoms with Crippen molar-refractivity contribution < 1.29 is 47.2 Å². The molecule has 0 aromatic heterocycles. The third kappa shape index (κ3) is 39.6. The average molecular weight is 784 g/mol. The van der Waals surface area contributed by atoms with Crippen molar-refractivity contribution in [1.29, 1.82) is 0 Å². The van der Waals surface area contributed by atoms with Crippen LogP contribution in [0.1, 0.15) is 155 Å². The van der Waals surface area contributed by atoms with Crippen LogP contribution in [0.2, 0.25) is 0 Å². The summed E-state index contributed by atoms with van der Waals surface area (Å²) in [5.41, 5.74) is 0. The van der Waals surface area contributed by atoms with E-state index < -0.39 is 32.5 Å². The fourth-order valence-corrected chi connectivity index (χ4v) is 6.06. The smallest absolute Gasteiger partial charge is 0.306 e. The Labute approximate surface area is 329 Å². The minimum absolute atomic E-state index is 0.0443. The number of likely N-dealkylation sites (N-methyl/N-ethyl adjacent to an activating group) is 1. The van der Waals surface area contributed by atoms with Crippen LogP contribution in [0.3, 0.4) is 0 Å². The number of unbranched alkanes of at least 4 members (excludes halogenated alkanes) is 15. The minimum Gasteiger partial charge on any atom is -0.756 e. The molecule has 0 bridgehead atoms. The second kappa shape index (κ2) is 36.6. The predicted octanol–water partition coefficient (Wildman–Crippen LogP) is 9.86. The summed E-state index contributed by atoms with van der Waals surface area (Å²) < 4.78 is 33.7. The molecule has 314 valence electrons. The SMILES string of the molecule is CCCCCCCCCCCCCCC(=O)O[C@H](COC(=O)CCC/C=C\C/C=C\C/C=C\C/C=C\CCCCCO)COP(=O)([O-])OCC[N+](C)(C)C. The second-order valence-electron chi connectivity index (χ2n) is 15.1. The molecule has 0 spiro atoms. The largest absolute Gasteiger partial charge is 0.756 e. The zero-order chi connectivity index (χ0) is 40.0. The Morgan fingerprint density at radius 2 is 1.11 bits per heavy atom. The predicted molar refractivity (Wildman–Crippen MR) is 219 cm³/mol. The van der Waals surface area contributed by atoms with Gasteiger partial charge < -0.3 is 33.0 Å². The Balaban J connectivity index is 4.46. The molecule has 0 aromatic rings. The first-order valence-corrected chi connectivity index (χ1v) is 22.4. The fraction of sp³-hybridized carbons (Fsp3) is 0.767. The number of allylic oxidation sites excluding steroid dienone is 8. The number of esters is 2. The molecule has 54 heavy (non-hydrogen) atoms. The van der Waals surface area contributed by atoms with E-state index in [9.17, 15) is 19.0 Å². The summed E-state index contributed by atoms with van der Waals surface area (Å²) in [6.07, 6.45) is 38.7. The molecule has 1 unspecified atom stereocenters. The molecule has 0 radical (unpaired) electrons. The summed E-state index contributed by atoms with van der Waals surface area (Å²) in [7, 11) is 1.12. The van der Waals surface area contributed by atoms with Gasteiger partial charge in [0.25, 0.3) is 7.82 Å². The van der Waals surface area contributed by atoms with Gasteiger partial charge in [0.05, 0.1) is 27.7 Å². The van der Waals surface area contributed by atoms with Crippen LogP contribution < -0.4 is 4.89 Å². The highest BCUT2D eigenvalue weighted by molar-refractivity contribution is 7.45. The number of phosphoric acid groups is 1. The van der Waals surface area contributed by atoms with Gasteiger partial charge >= 0.3 is 11.9 Å². The molecule has 0 aliphatic heterocycles. The number of aliphatic hydroxyl groups excluding tert-OH is 1. The van der Waals surface area contributed by atoms with Crippen LogP contribution in [0.5, 0.6) is 0 Å². The van der Waals surface area contributed by atoms with Crippen LogP contribution in [0, 0.1) is 0 Å². The Morgan fingerprint density at radius 3 is 1.65 bits per heavy atom. The van der Waals surface area contributed by atoms with E-state index in [1.807, 2.05) is 27.2 Å². The van der Waals surface area contributed by atoms with Gasteiger partial charge in [-0.05, 0) is 57.8 Å². The number of rotatable bonds is 38. The van der Waals surface area contributed by atoms with Crippen molar-refractivity contribution in [1.82, 2.24) is 0 Å². The quantitative estimate of drug-likeness (QED) is 0.0214. The number of carbonyl (C=O) groups excluding carboxylic acids is 2. The summed E-state index contributed by atoms with van der Waals surface area (Å²) in [5.74, 6) is -0.916. The highest BCUT2D eigenvalue weighted by Gasteiger charge is 2.21. The van der Waals surface area contributed by atoms with Gasteiger partial charge in [-0.25, -0.2) is 0 Å². The number of quaternary nitrogens is 1. The fourth-order valence-electron chi connectivity index (χ4n) is 5.33.